The van der Waals surface area contributed by atoms with Crippen LogP contribution in [0.15, 0.2) is 10.9 Å². The fourth-order valence-electron chi connectivity index (χ4n) is 1.68. The summed E-state index contributed by atoms with van der Waals surface area (Å²) in [7, 11) is 0. The predicted octanol–water partition coefficient (Wildman–Crippen LogP) is 0.625. The molecular weight excluding hydrogens is 190 g/mol. The molecule has 0 spiro atoms. The van der Waals surface area contributed by atoms with E-state index in [1.54, 1.807) is 6.07 Å². The molecule has 0 saturated carbocycles. The van der Waals surface area contributed by atoms with E-state index in [1.807, 2.05) is 0 Å². The molecule has 0 fully saturated rings. The zero-order valence-corrected chi connectivity index (χ0v) is 8.49. The number of anilines is 1. The van der Waals surface area contributed by atoms with Crippen LogP contribution < -0.4 is 10.9 Å². The van der Waals surface area contributed by atoms with E-state index in [2.05, 4.69) is 16.3 Å². The maximum absolute atomic E-state index is 11.6. The summed E-state index contributed by atoms with van der Waals surface area (Å²) in [5.41, 5.74) is 1.76. The lowest BCUT2D eigenvalue weighted by Crippen LogP contribution is -2.27. The van der Waals surface area contributed by atoms with Crippen molar-refractivity contribution in [2.45, 2.75) is 25.8 Å². The number of nitrogens with zero attached hydrogens (tertiary/aromatic N) is 2. The molecule has 1 aliphatic heterocycles. The first-order valence-electron chi connectivity index (χ1n) is 5.09. The van der Waals surface area contributed by atoms with Crippen LogP contribution >= 0.6 is 0 Å². The Labute approximate surface area is 88.3 Å². The molecule has 2 heterocycles. The van der Waals surface area contributed by atoms with Gasteiger partial charge in [-0.15, -0.1) is 12.3 Å². The second-order valence-electron chi connectivity index (χ2n) is 3.55. The summed E-state index contributed by atoms with van der Waals surface area (Å²) in [6, 6.07) is 1.61. The molecule has 4 heteroatoms. The van der Waals surface area contributed by atoms with Gasteiger partial charge in [-0.05, 0) is 12.8 Å². The molecule has 78 valence electrons. The molecule has 0 amide bonds. The van der Waals surface area contributed by atoms with Crippen molar-refractivity contribution in [3.63, 3.8) is 0 Å². The number of hydrogen-bond donors (Lipinski definition) is 1. The summed E-state index contributed by atoms with van der Waals surface area (Å²) >= 11 is 0. The molecule has 0 atom stereocenters. The lowest BCUT2D eigenvalue weighted by atomic mass is 10.1. The molecule has 1 N–H and O–H groups in total. The van der Waals surface area contributed by atoms with Gasteiger partial charge in [-0.3, -0.25) is 4.79 Å². The van der Waals surface area contributed by atoms with E-state index in [0.717, 1.165) is 30.8 Å². The maximum atomic E-state index is 11.6. The highest BCUT2D eigenvalue weighted by Gasteiger charge is 2.11. The molecule has 2 rings (SSSR count). The molecule has 15 heavy (non-hydrogen) atoms. The van der Waals surface area contributed by atoms with E-state index >= 15 is 0 Å². The lowest BCUT2D eigenvalue weighted by Gasteiger charge is -2.17. The van der Waals surface area contributed by atoms with E-state index in [0.29, 0.717) is 13.0 Å². The van der Waals surface area contributed by atoms with Gasteiger partial charge in [-0.1, -0.05) is 0 Å². The lowest BCUT2D eigenvalue weighted by molar-refractivity contribution is 0.569. The summed E-state index contributed by atoms with van der Waals surface area (Å²) in [6.07, 6.45) is 7.69. The van der Waals surface area contributed by atoms with Crippen molar-refractivity contribution >= 4 is 5.69 Å². The summed E-state index contributed by atoms with van der Waals surface area (Å²) in [5.74, 6) is 2.51. The highest BCUT2D eigenvalue weighted by atomic mass is 16.1. The number of rotatable bonds is 2. The van der Waals surface area contributed by atoms with E-state index in [4.69, 9.17) is 6.42 Å². The third-order valence-electron chi connectivity index (χ3n) is 2.45. The van der Waals surface area contributed by atoms with Gasteiger partial charge < -0.3 is 5.32 Å². The summed E-state index contributed by atoms with van der Waals surface area (Å²) in [5, 5.41) is 7.47. The van der Waals surface area contributed by atoms with Gasteiger partial charge >= 0.3 is 0 Å². The number of hydrogen-bond acceptors (Lipinski definition) is 3. The topological polar surface area (TPSA) is 46.9 Å². The van der Waals surface area contributed by atoms with E-state index in [9.17, 15) is 4.79 Å². The van der Waals surface area contributed by atoms with Crippen LogP contribution in [0.1, 0.15) is 18.5 Å². The number of fused-ring (bicyclic) bond motifs is 1. The monoisotopic (exact) mass is 203 g/mol. The Bertz CT molecular complexity index is 456. The zero-order chi connectivity index (χ0) is 10.7. The summed E-state index contributed by atoms with van der Waals surface area (Å²) in [6.45, 7) is 1.42. The molecule has 0 unspecified atom stereocenters. The van der Waals surface area contributed by atoms with Crippen LogP contribution in [0.2, 0.25) is 0 Å². The first kappa shape index (κ1) is 9.78. The average Bonchev–Trinajstić information content (AvgIpc) is 2.26. The predicted molar refractivity (Wildman–Crippen MR) is 58.8 cm³/mol. The summed E-state index contributed by atoms with van der Waals surface area (Å²) < 4.78 is 1.45. The van der Waals surface area contributed by atoms with Crippen molar-refractivity contribution in [3.8, 4) is 12.3 Å². The molecule has 0 saturated heterocycles. The van der Waals surface area contributed by atoms with E-state index in [1.165, 1.54) is 4.68 Å². The molecule has 0 radical (unpaired) electrons. The first-order chi connectivity index (χ1) is 7.31. The number of aromatic nitrogens is 2. The second kappa shape index (κ2) is 4.18. The van der Waals surface area contributed by atoms with Crippen LogP contribution in [0.25, 0.3) is 0 Å². The van der Waals surface area contributed by atoms with Crippen LogP contribution in [-0.2, 0) is 13.0 Å². The Morgan fingerprint density at radius 2 is 2.53 bits per heavy atom. The normalized spacial score (nSPS) is 13.8. The van der Waals surface area contributed by atoms with Gasteiger partial charge in [0.25, 0.3) is 5.56 Å². The molecule has 1 aromatic rings. The zero-order valence-electron chi connectivity index (χ0n) is 8.49. The fourth-order valence-corrected chi connectivity index (χ4v) is 1.68. The number of terminal acetylenes is 1. The number of nitrogens with one attached hydrogen (secondary N) is 1. The molecule has 0 aromatic carbocycles. The Balaban J connectivity index is 2.33. The Hall–Kier alpha value is -1.76. The third kappa shape index (κ3) is 2.01. The van der Waals surface area contributed by atoms with Gasteiger partial charge in [0, 0.05) is 19.0 Å². The third-order valence-corrected chi connectivity index (χ3v) is 2.45. The minimum atomic E-state index is -0.0848. The molecule has 1 aliphatic rings. The SMILES string of the molecule is C#CCCn1nc2c(cc1=O)NCCC2. The van der Waals surface area contributed by atoms with Crippen LogP contribution in [0.3, 0.4) is 0 Å². The van der Waals surface area contributed by atoms with Crippen molar-refractivity contribution in [3.05, 3.63) is 22.1 Å². The first-order valence-corrected chi connectivity index (χ1v) is 5.09. The largest absolute Gasteiger partial charge is 0.383 e. The van der Waals surface area contributed by atoms with Gasteiger partial charge in [-0.25, -0.2) is 4.68 Å². The second-order valence-corrected chi connectivity index (χ2v) is 3.55. The standard InChI is InChI=1S/C11H13N3O/c1-2-3-7-14-11(15)8-10-9(13-14)5-4-6-12-10/h1,8,12H,3-7H2. The van der Waals surface area contributed by atoms with Crippen molar-refractivity contribution in [1.82, 2.24) is 9.78 Å². The Morgan fingerprint density at radius 1 is 1.67 bits per heavy atom. The van der Waals surface area contributed by atoms with Crippen molar-refractivity contribution in [2.75, 3.05) is 11.9 Å². The molecule has 1 aromatic heterocycles. The molecule has 0 aliphatic carbocycles. The van der Waals surface area contributed by atoms with Gasteiger partial charge in [-0.2, -0.15) is 5.10 Å². The van der Waals surface area contributed by atoms with Gasteiger partial charge in [0.15, 0.2) is 0 Å². The molecule has 4 nitrogen and oxygen atoms in total. The van der Waals surface area contributed by atoms with Crippen LogP contribution in [0.4, 0.5) is 5.69 Å². The average molecular weight is 203 g/mol. The summed E-state index contributed by atoms with van der Waals surface area (Å²) in [4.78, 5) is 11.6. The number of aryl methyl sites for hydroxylation is 2. The van der Waals surface area contributed by atoms with Crippen LogP contribution in [0.5, 0.6) is 0 Å². The van der Waals surface area contributed by atoms with E-state index < -0.39 is 0 Å². The van der Waals surface area contributed by atoms with Crippen LogP contribution in [0, 0.1) is 12.3 Å². The smallest absolute Gasteiger partial charge is 0.268 e. The van der Waals surface area contributed by atoms with Crippen LogP contribution in [-0.4, -0.2) is 16.3 Å². The fraction of sp³-hybridized carbons (Fsp3) is 0.455. The Kier molecular flexibility index (Phi) is 2.72. The minimum Gasteiger partial charge on any atom is -0.383 e. The van der Waals surface area contributed by atoms with Crippen molar-refractivity contribution < 1.29 is 0 Å². The van der Waals surface area contributed by atoms with Crippen molar-refractivity contribution in [1.29, 1.82) is 0 Å². The van der Waals surface area contributed by atoms with E-state index in [-0.39, 0.29) is 5.56 Å². The molecular formula is C11H13N3O. The molecule has 0 bridgehead atoms. The minimum absolute atomic E-state index is 0.0848. The Morgan fingerprint density at radius 3 is 3.33 bits per heavy atom. The highest BCUT2D eigenvalue weighted by molar-refractivity contribution is 5.48. The van der Waals surface area contributed by atoms with Gasteiger partial charge in [0.2, 0.25) is 0 Å². The van der Waals surface area contributed by atoms with Gasteiger partial charge in [0.05, 0.1) is 17.9 Å². The maximum Gasteiger partial charge on any atom is 0.268 e. The van der Waals surface area contributed by atoms with Gasteiger partial charge in [0.1, 0.15) is 0 Å². The quantitative estimate of drug-likeness (QED) is 0.717. The van der Waals surface area contributed by atoms with Crippen molar-refractivity contribution in [2.24, 2.45) is 0 Å². The highest BCUT2D eigenvalue weighted by Crippen LogP contribution is 2.16.